The van der Waals surface area contributed by atoms with Gasteiger partial charge in [-0.3, -0.25) is 0 Å². The van der Waals surface area contributed by atoms with E-state index in [9.17, 15) is 4.39 Å². The summed E-state index contributed by atoms with van der Waals surface area (Å²) in [6.45, 7) is 5.88. The smallest absolute Gasteiger partial charge is 0.131 e. The third-order valence-electron chi connectivity index (χ3n) is 3.12. The lowest BCUT2D eigenvalue weighted by atomic mass is 10.1. The predicted octanol–water partition coefficient (Wildman–Crippen LogP) is 3.24. The van der Waals surface area contributed by atoms with Gasteiger partial charge in [-0.15, -0.1) is 0 Å². The van der Waals surface area contributed by atoms with E-state index in [0.717, 1.165) is 17.1 Å². The summed E-state index contributed by atoms with van der Waals surface area (Å²) < 4.78 is 15.2. The molecule has 4 heteroatoms. The standard InChI is InChI=1S/C14H18FN3/c1-8(2)14-17-12(13(16)18(14)4)10-5-6-11(15)9(3)7-10/h5-8H,16H2,1-4H3. The Hall–Kier alpha value is -1.84. The summed E-state index contributed by atoms with van der Waals surface area (Å²) in [5.74, 6) is 1.64. The first-order valence-corrected chi connectivity index (χ1v) is 6.00. The van der Waals surface area contributed by atoms with Crippen molar-refractivity contribution in [3.8, 4) is 11.3 Å². The molecule has 2 rings (SSSR count). The van der Waals surface area contributed by atoms with Crippen LogP contribution in [0.1, 0.15) is 31.2 Å². The normalized spacial score (nSPS) is 11.2. The zero-order valence-corrected chi connectivity index (χ0v) is 11.2. The number of halogens is 1. The third-order valence-corrected chi connectivity index (χ3v) is 3.12. The summed E-state index contributed by atoms with van der Waals surface area (Å²) in [5, 5.41) is 0. The lowest BCUT2D eigenvalue weighted by molar-refractivity contribution is 0.619. The highest BCUT2D eigenvalue weighted by Gasteiger charge is 2.16. The average molecular weight is 247 g/mol. The number of nitrogen functional groups attached to an aromatic ring is 1. The molecular formula is C14H18FN3. The number of benzene rings is 1. The number of anilines is 1. The van der Waals surface area contributed by atoms with Gasteiger partial charge in [0.25, 0.3) is 0 Å². The molecule has 0 unspecified atom stereocenters. The van der Waals surface area contributed by atoms with E-state index in [4.69, 9.17) is 5.73 Å². The molecular weight excluding hydrogens is 229 g/mol. The van der Waals surface area contributed by atoms with E-state index < -0.39 is 0 Å². The fraction of sp³-hybridized carbons (Fsp3) is 0.357. The van der Waals surface area contributed by atoms with E-state index in [1.165, 1.54) is 6.07 Å². The van der Waals surface area contributed by atoms with E-state index in [1.807, 2.05) is 11.6 Å². The summed E-state index contributed by atoms with van der Waals surface area (Å²) in [5.41, 5.74) is 8.25. The summed E-state index contributed by atoms with van der Waals surface area (Å²) in [7, 11) is 1.90. The number of aromatic nitrogens is 2. The molecule has 0 spiro atoms. The highest BCUT2D eigenvalue weighted by Crippen LogP contribution is 2.29. The van der Waals surface area contributed by atoms with Crippen molar-refractivity contribution in [3.05, 3.63) is 35.4 Å². The van der Waals surface area contributed by atoms with Crippen molar-refractivity contribution in [2.75, 3.05) is 5.73 Å². The first-order chi connectivity index (χ1) is 8.41. The van der Waals surface area contributed by atoms with Crippen LogP contribution in [0.15, 0.2) is 18.2 Å². The number of nitrogens with zero attached hydrogens (tertiary/aromatic N) is 2. The lowest BCUT2D eigenvalue weighted by Gasteiger charge is -2.04. The maximum absolute atomic E-state index is 13.3. The Morgan fingerprint density at radius 2 is 2.00 bits per heavy atom. The molecule has 18 heavy (non-hydrogen) atoms. The molecule has 0 aliphatic carbocycles. The second-order valence-electron chi connectivity index (χ2n) is 4.88. The van der Waals surface area contributed by atoms with Crippen LogP contribution in [0.25, 0.3) is 11.3 Å². The van der Waals surface area contributed by atoms with Gasteiger partial charge in [0.15, 0.2) is 0 Å². The molecule has 0 radical (unpaired) electrons. The second kappa shape index (κ2) is 4.44. The number of hydrogen-bond acceptors (Lipinski definition) is 2. The van der Waals surface area contributed by atoms with Crippen molar-refractivity contribution in [2.45, 2.75) is 26.7 Å². The molecule has 0 atom stereocenters. The monoisotopic (exact) mass is 247 g/mol. The maximum Gasteiger partial charge on any atom is 0.131 e. The summed E-state index contributed by atoms with van der Waals surface area (Å²) in [4.78, 5) is 4.57. The highest BCUT2D eigenvalue weighted by atomic mass is 19.1. The molecule has 1 heterocycles. The van der Waals surface area contributed by atoms with Crippen LogP contribution in [0.5, 0.6) is 0 Å². The van der Waals surface area contributed by atoms with Crippen LogP contribution in [0.3, 0.4) is 0 Å². The van der Waals surface area contributed by atoms with Gasteiger partial charge >= 0.3 is 0 Å². The van der Waals surface area contributed by atoms with Crippen LogP contribution in [0, 0.1) is 12.7 Å². The minimum Gasteiger partial charge on any atom is -0.383 e. The van der Waals surface area contributed by atoms with Crippen LogP contribution < -0.4 is 5.73 Å². The van der Waals surface area contributed by atoms with Crippen molar-refractivity contribution in [2.24, 2.45) is 7.05 Å². The number of rotatable bonds is 2. The Morgan fingerprint density at radius 1 is 1.33 bits per heavy atom. The minimum atomic E-state index is -0.211. The Kier molecular flexibility index (Phi) is 3.11. The fourth-order valence-electron chi connectivity index (χ4n) is 2.05. The lowest BCUT2D eigenvalue weighted by Crippen LogP contribution is -2.02. The molecule has 0 saturated heterocycles. The summed E-state index contributed by atoms with van der Waals surface area (Å²) in [6.07, 6.45) is 0. The van der Waals surface area contributed by atoms with Crippen molar-refractivity contribution < 1.29 is 4.39 Å². The highest BCUT2D eigenvalue weighted by molar-refractivity contribution is 5.71. The van der Waals surface area contributed by atoms with Gasteiger partial charge in [0, 0.05) is 18.5 Å². The number of aryl methyl sites for hydroxylation is 1. The second-order valence-corrected chi connectivity index (χ2v) is 4.88. The largest absolute Gasteiger partial charge is 0.383 e. The molecule has 0 bridgehead atoms. The van der Waals surface area contributed by atoms with Crippen molar-refractivity contribution in [3.63, 3.8) is 0 Å². The van der Waals surface area contributed by atoms with Crippen LogP contribution in [0.2, 0.25) is 0 Å². The van der Waals surface area contributed by atoms with Gasteiger partial charge in [-0.25, -0.2) is 9.37 Å². The zero-order chi connectivity index (χ0) is 13.4. The van der Waals surface area contributed by atoms with Gasteiger partial charge in [0.1, 0.15) is 23.2 Å². The molecule has 0 aliphatic rings. The molecule has 0 amide bonds. The van der Waals surface area contributed by atoms with Gasteiger partial charge in [0.2, 0.25) is 0 Å². The zero-order valence-electron chi connectivity index (χ0n) is 11.2. The van der Waals surface area contributed by atoms with Gasteiger partial charge in [-0.05, 0) is 30.7 Å². The van der Waals surface area contributed by atoms with Crippen LogP contribution in [-0.2, 0) is 7.05 Å². The van der Waals surface area contributed by atoms with E-state index >= 15 is 0 Å². The molecule has 1 aromatic heterocycles. The molecule has 0 saturated carbocycles. The van der Waals surface area contributed by atoms with Crippen LogP contribution >= 0.6 is 0 Å². The van der Waals surface area contributed by atoms with E-state index in [0.29, 0.717) is 17.3 Å². The first-order valence-electron chi connectivity index (χ1n) is 6.00. The topological polar surface area (TPSA) is 43.8 Å². The molecule has 2 N–H and O–H groups in total. The van der Waals surface area contributed by atoms with E-state index in [2.05, 4.69) is 18.8 Å². The number of nitrogens with two attached hydrogens (primary N) is 1. The Labute approximate surface area is 106 Å². The van der Waals surface area contributed by atoms with Crippen LogP contribution in [-0.4, -0.2) is 9.55 Å². The molecule has 96 valence electrons. The van der Waals surface area contributed by atoms with Crippen molar-refractivity contribution >= 4 is 5.82 Å². The average Bonchev–Trinajstić information content (AvgIpc) is 2.60. The fourth-order valence-corrected chi connectivity index (χ4v) is 2.05. The Bertz CT molecular complexity index is 585. The number of hydrogen-bond donors (Lipinski definition) is 1. The molecule has 3 nitrogen and oxygen atoms in total. The summed E-state index contributed by atoms with van der Waals surface area (Å²) in [6, 6.07) is 4.94. The van der Waals surface area contributed by atoms with Crippen molar-refractivity contribution in [1.29, 1.82) is 0 Å². The van der Waals surface area contributed by atoms with Gasteiger partial charge in [-0.2, -0.15) is 0 Å². The first kappa shape index (κ1) is 12.6. The molecule has 2 aromatic rings. The minimum absolute atomic E-state index is 0.211. The molecule has 1 aromatic carbocycles. The van der Waals surface area contributed by atoms with E-state index in [1.54, 1.807) is 19.1 Å². The van der Waals surface area contributed by atoms with Crippen LogP contribution in [0.4, 0.5) is 10.2 Å². The molecule has 0 fully saturated rings. The number of imidazole rings is 1. The molecule has 0 aliphatic heterocycles. The SMILES string of the molecule is Cc1cc(-c2nc(C(C)C)n(C)c2N)ccc1F. The summed E-state index contributed by atoms with van der Waals surface area (Å²) >= 11 is 0. The Balaban J connectivity index is 2.57. The van der Waals surface area contributed by atoms with Gasteiger partial charge < -0.3 is 10.3 Å². The predicted molar refractivity (Wildman–Crippen MR) is 71.8 cm³/mol. The Morgan fingerprint density at radius 3 is 2.50 bits per heavy atom. The quantitative estimate of drug-likeness (QED) is 0.885. The maximum atomic E-state index is 13.3. The van der Waals surface area contributed by atoms with Gasteiger partial charge in [0.05, 0.1) is 0 Å². The van der Waals surface area contributed by atoms with Gasteiger partial charge in [-0.1, -0.05) is 13.8 Å². The van der Waals surface area contributed by atoms with E-state index in [-0.39, 0.29) is 5.82 Å². The van der Waals surface area contributed by atoms with Crippen molar-refractivity contribution in [1.82, 2.24) is 9.55 Å². The third kappa shape index (κ3) is 1.98.